The SMILES string of the molecule is O=C(c1ccn(-c2ccccc2)n1)N1CCC[C@@H]1Cn1cccn1. The van der Waals surface area contributed by atoms with Crippen LogP contribution >= 0.6 is 0 Å². The monoisotopic (exact) mass is 321 g/mol. The molecule has 0 aliphatic carbocycles. The largest absolute Gasteiger partial charge is 0.332 e. The molecule has 24 heavy (non-hydrogen) atoms. The summed E-state index contributed by atoms with van der Waals surface area (Å²) in [5.41, 5.74) is 1.44. The van der Waals surface area contributed by atoms with E-state index >= 15 is 0 Å². The van der Waals surface area contributed by atoms with Crippen molar-refractivity contribution in [3.63, 3.8) is 0 Å². The maximum atomic E-state index is 12.9. The van der Waals surface area contributed by atoms with Gasteiger partial charge in [0.05, 0.1) is 18.3 Å². The zero-order chi connectivity index (χ0) is 16.4. The van der Waals surface area contributed by atoms with Gasteiger partial charge in [-0.15, -0.1) is 0 Å². The molecule has 4 rings (SSSR count). The van der Waals surface area contributed by atoms with Gasteiger partial charge in [0.25, 0.3) is 5.91 Å². The van der Waals surface area contributed by atoms with Crippen LogP contribution in [0.4, 0.5) is 0 Å². The standard InChI is InChI=1S/C18H19N5O/c24-18(17-9-13-23(20-17)15-6-2-1-3-7-15)22-12-4-8-16(22)14-21-11-5-10-19-21/h1-3,5-7,9-11,13,16H,4,8,12,14H2/t16-/m1/s1. The van der Waals surface area contributed by atoms with E-state index in [1.54, 1.807) is 16.9 Å². The average molecular weight is 321 g/mol. The Balaban J connectivity index is 1.52. The van der Waals surface area contributed by atoms with Gasteiger partial charge in [0, 0.05) is 25.1 Å². The van der Waals surface area contributed by atoms with E-state index in [0.29, 0.717) is 5.69 Å². The lowest BCUT2D eigenvalue weighted by molar-refractivity contribution is 0.0715. The van der Waals surface area contributed by atoms with Crippen molar-refractivity contribution in [2.75, 3.05) is 6.54 Å². The first-order valence-electron chi connectivity index (χ1n) is 8.21. The number of amides is 1. The molecule has 1 aliphatic rings. The molecule has 0 unspecified atom stereocenters. The predicted octanol–water partition coefficient (Wildman–Crippen LogP) is 2.37. The number of hydrogen-bond acceptors (Lipinski definition) is 3. The Morgan fingerprint density at radius 3 is 2.79 bits per heavy atom. The fourth-order valence-corrected chi connectivity index (χ4v) is 3.23. The minimum Gasteiger partial charge on any atom is -0.332 e. The quantitative estimate of drug-likeness (QED) is 0.741. The van der Waals surface area contributed by atoms with Gasteiger partial charge in [0.1, 0.15) is 0 Å². The van der Waals surface area contributed by atoms with Gasteiger partial charge in [-0.1, -0.05) is 18.2 Å². The molecule has 3 heterocycles. The van der Waals surface area contributed by atoms with E-state index in [1.165, 1.54) is 0 Å². The van der Waals surface area contributed by atoms with E-state index in [1.807, 2.05) is 58.4 Å². The van der Waals surface area contributed by atoms with Crippen LogP contribution in [0.25, 0.3) is 5.69 Å². The zero-order valence-corrected chi connectivity index (χ0v) is 13.3. The molecule has 122 valence electrons. The highest BCUT2D eigenvalue weighted by molar-refractivity contribution is 5.92. The van der Waals surface area contributed by atoms with E-state index < -0.39 is 0 Å². The Kier molecular flexibility index (Phi) is 3.86. The van der Waals surface area contributed by atoms with Crippen LogP contribution in [-0.4, -0.2) is 43.0 Å². The van der Waals surface area contributed by atoms with Crippen molar-refractivity contribution in [2.24, 2.45) is 0 Å². The second-order valence-corrected chi connectivity index (χ2v) is 6.00. The first kappa shape index (κ1) is 14.7. The van der Waals surface area contributed by atoms with Crippen molar-refractivity contribution >= 4 is 5.91 Å². The zero-order valence-electron chi connectivity index (χ0n) is 13.3. The Morgan fingerprint density at radius 1 is 1.12 bits per heavy atom. The van der Waals surface area contributed by atoms with Gasteiger partial charge in [-0.3, -0.25) is 9.48 Å². The number of para-hydroxylation sites is 1. The van der Waals surface area contributed by atoms with Crippen LogP contribution < -0.4 is 0 Å². The second kappa shape index (κ2) is 6.31. The molecule has 1 saturated heterocycles. The fraction of sp³-hybridized carbons (Fsp3) is 0.278. The molecule has 1 atom stereocenters. The van der Waals surface area contributed by atoms with E-state index in [9.17, 15) is 4.79 Å². The van der Waals surface area contributed by atoms with Crippen LogP contribution in [0.5, 0.6) is 0 Å². The van der Waals surface area contributed by atoms with Gasteiger partial charge in [-0.05, 0) is 37.1 Å². The first-order valence-corrected chi connectivity index (χ1v) is 8.21. The summed E-state index contributed by atoms with van der Waals surface area (Å²) in [6.07, 6.45) is 7.57. The molecule has 0 spiro atoms. The minimum atomic E-state index is -0.000614. The van der Waals surface area contributed by atoms with Gasteiger partial charge in [-0.25, -0.2) is 4.68 Å². The Bertz CT molecular complexity index is 809. The minimum absolute atomic E-state index is 0.000614. The van der Waals surface area contributed by atoms with E-state index in [2.05, 4.69) is 10.2 Å². The van der Waals surface area contributed by atoms with Crippen LogP contribution in [0, 0.1) is 0 Å². The molecule has 6 nitrogen and oxygen atoms in total. The summed E-state index contributed by atoms with van der Waals surface area (Å²) in [6.45, 7) is 1.51. The van der Waals surface area contributed by atoms with Crippen LogP contribution in [0.1, 0.15) is 23.3 Å². The maximum absolute atomic E-state index is 12.9. The molecular formula is C18H19N5O. The molecule has 0 bridgehead atoms. The van der Waals surface area contributed by atoms with Gasteiger partial charge in [-0.2, -0.15) is 10.2 Å². The average Bonchev–Trinajstić information content (AvgIpc) is 3.37. The summed E-state index contributed by atoms with van der Waals surface area (Å²) in [4.78, 5) is 14.8. The Morgan fingerprint density at radius 2 is 2.00 bits per heavy atom. The third-order valence-corrected chi connectivity index (χ3v) is 4.42. The fourth-order valence-electron chi connectivity index (χ4n) is 3.23. The van der Waals surface area contributed by atoms with Gasteiger partial charge in [0.2, 0.25) is 0 Å². The smallest absolute Gasteiger partial charge is 0.274 e. The maximum Gasteiger partial charge on any atom is 0.274 e. The Labute approximate surface area is 140 Å². The number of likely N-dealkylation sites (tertiary alicyclic amines) is 1. The first-order chi connectivity index (χ1) is 11.8. The van der Waals surface area contributed by atoms with Crippen LogP contribution in [0.3, 0.4) is 0 Å². The summed E-state index contributed by atoms with van der Waals surface area (Å²) in [7, 11) is 0. The van der Waals surface area contributed by atoms with Gasteiger partial charge in [0.15, 0.2) is 5.69 Å². The number of benzene rings is 1. The summed E-state index contributed by atoms with van der Waals surface area (Å²) in [5, 5.41) is 8.71. The molecule has 1 fully saturated rings. The normalized spacial score (nSPS) is 17.3. The molecule has 3 aromatic rings. The van der Waals surface area contributed by atoms with Crippen molar-refractivity contribution in [3.8, 4) is 5.69 Å². The molecular weight excluding hydrogens is 302 g/mol. The molecule has 0 N–H and O–H groups in total. The number of aromatic nitrogens is 4. The number of rotatable bonds is 4. The lowest BCUT2D eigenvalue weighted by atomic mass is 10.2. The van der Waals surface area contributed by atoms with Gasteiger partial charge >= 0.3 is 0 Å². The lowest BCUT2D eigenvalue weighted by Gasteiger charge is -2.23. The highest BCUT2D eigenvalue weighted by Gasteiger charge is 2.30. The Hall–Kier alpha value is -2.89. The van der Waals surface area contributed by atoms with Crippen molar-refractivity contribution < 1.29 is 4.79 Å². The summed E-state index contributed by atoms with van der Waals surface area (Å²) < 4.78 is 3.63. The molecule has 1 aliphatic heterocycles. The molecule has 1 aromatic carbocycles. The molecule has 0 radical (unpaired) electrons. The van der Waals surface area contributed by atoms with Crippen LogP contribution in [-0.2, 0) is 6.54 Å². The molecule has 1 amide bonds. The van der Waals surface area contributed by atoms with Crippen molar-refractivity contribution in [2.45, 2.75) is 25.4 Å². The van der Waals surface area contributed by atoms with Crippen molar-refractivity contribution in [1.29, 1.82) is 0 Å². The van der Waals surface area contributed by atoms with Crippen molar-refractivity contribution in [1.82, 2.24) is 24.5 Å². The lowest BCUT2D eigenvalue weighted by Crippen LogP contribution is -2.38. The highest BCUT2D eigenvalue weighted by Crippen LogP contribution is 2.21. The summed E-state index contributed by atoms with van der Waals surface area (Å²) >= 11 is 0. The number of carbonyl (C=O) groups is 1. The van der Waals surface area contributed by atoms with E-state index in [4.69, 9.17) is 0 Å². The van der Waals surface area contributed by atoms with Crippen molar-refractivity contribution in [3.05, 3.63) is 66.7 Å². The highest BCUT2D eigenvalue weighted by atomic mass is 16.2. The van der Waals surface area contributed by atoms with E-state index in [0.717, 1.165) is 31.6 Å². The topological polar surface area (TPSA) is 56.0 Å². The number of hydrogen-bond donors (Lipinski definition) is 0. The third-order valence-electron chi connectivity index (χ3n) is 4.42. The van der Waals surface area contributed by atoms with Crippen LogP contribution in [0.15, 0.2) is 61.1 Å². The van der Waals surface area contributed by atoms with E-state index in [-0.39, 0.29) is 11.9 Å². The number of carbonyl (C=O) groups excluding carboxylic acids is 1. The second-order valence-electron chi connectivity index (χ2n) is 6.00. The number of nitrogens with zero attached hydrogens (tertiary/aromatic N) is 5. The molecule has 2 aromatic heterocycles. The summed E-state index contributed by atoms with van der Waals surface area (Å²) in [6, 6.07) is 13.7. The molecule has 6 heteroatoms. The third kappa shape index (κ3) is 2.82. The predicted molar refractivity (Wildman–Crippen MR) is 89.8 cm³/mol. The van der Waals surface area contributed by atoms with Gasteiger partial charge < -0.3 is 4.90 Å². The molecule has 0 saturated carbocycles. The summed E-state index contributed by atoms with van der Waals surface area (Å²) in [5.74, 6) is -0.000614. The van der Waals surface area contributed by atoms with Crippen LogP contribution in [0.2, 0.25) is 0 Å².